The second kappa shape index (κ2) is 12.2. The second-order valence-electron chi connectivity index (χ2n) is 4.42. The molecule has 2 aromatic heterocycles. The highest BCUT2D eigenvalue weighted by Crippen LogP contribution is 2.08. The number of nitrogens with one attached hydrogen (secondary N) is 2. The highest BCUT2D eigenvalue weighted by molar-refractivity contribution is 7.85. The summed E-state index contributed by atoms with van der Waals surface area (Å²) in [5.41, 5.74) is 0.928. The van der Waals surface area contributed by atoms with Gasteiger partial charge in [-0.05, 0) is 19.1 Å². The van der Waals surface area contributed by atoms with Crippen LogP contribution >= 0.6 is 0 Å². The second-order valence-corrected chi connectivity index (χ2v) is 5.80. The molecule has 0 aliphatic carbocycles. The first-order chi connectivity index (χ1) is 11.0. The van der Waals surface area contributed by atoms with Crippen LogP contribution in [0.5, 0.6) is 0 Å². The Morgan fingerprint density at radius 1 is 0.750 bits per heavy atom. The molecule has 24 heavy (non-hydrogen) atoms. The molecule has 0 aliphatic heterocycles. The third kappa shape index (κ3) is 10.4. The summed E-state index contributed by atoms with van der Waals surface area (Å²) >= 11 is 0. The predicted octanol–water partition coefficient (Wildman–Crippen LogP) is -1.10. The first-order valence-corrected chi connectivity index (χ1v) is 8.26. The number of hydrogen-bond acceptors (Lipinski definition) is 3. The summed E-state index contributed by atoms with van der Waals surface area (Å²) in [4.78, 5) is 5.61. The highest BCUT2D eigenvalue weighted by atomic mass is 35.5. The summed E-state index contributed by atoms with van der Waals surface area (Å²) in [6.45, 7) is 1.82. The Kier molecular flexibility index (Phi) is 11.0. The Bertz CT molecular complexity index is 668. The van der Waals surface area contributed by atoms with Crippen molar-refractivity contribution in [3.05, 3.63) is 91.0 Å². The molecule has 1 aromatic carbocycles. The van der Waals surface area contributed by atoms with Gasteiger partial charge in [-0.25, -0.2) is 18.4 Å². The number of aryl methyl sites for hydroxylation is 1. The molecule has 2 heterocycles. The van der Waals surface area contributed by atoms with Crippen LogP contribution in [0.3, 0.4) is 0 Å². The van der Waals surface area contributed by atoms with E-state index in [0.717, 1.165) is 5.56 Å². The van der Waals surface area contributed by atoms with Crippen molar-refractivity contribution in [1.29, 1.82) is 0 Å². The summed E-state index contributed by atoms with van der Waals surface area (Å²) in [6, 6.07) is 17.5. The Labute approximate surface area is 148 Å². The van der Waals surface area contributed by atoms with Crippen LogP contribution < -0.4 is 22.4 Å². The van der Waals surface area contributed by atoms with E-state index in [4.69, 9.17) is 0 Å². The zero-order valence-electron chi connectivity index (χ0n) is 13.1. The lowest BCUT2D eigenvalue weighted by Gasteiger charge is -2.05. The number of halogens is 1. The smallest absolute Gasteiger partial charge is 0.166 e. The largest absolute Gasteiger partial charge is 1.00 e. The van der Waals surface area contributed by atoms with Gasteiger partial charge in [-0.2, -0.15) is 0 Å². The van der Waals surface area contributed by atoms with E-state index in [1.807, 2.05) is 68.1 Å². The fraction of sp³-hybridized carbons (Fsp3) is 0.0588. The predicted molar refractivity (Wildman–Crippen MR) is 85.1 cm³/mol. The summed E-state index contributed by atoms with van der Waals surface area (Å²) in [5.74, 6) is 0. The number of benzene rings is 1. The van der Waals surface area contributed by atoms with Crippen LogP contribution in [0.25, 0.3) is 0 Å². The van der Waals surface area contributed by atoms with Crippen molar-refractivity contribution in [1.82, 2.24) is 0 Å². The van der Waals surface area contributed by atoms with Crippen molar-refractivity contribution in [2.75, 3.05) is 0 Å². The molecule has 7 heteroatoms. The molecule has 0 atom stereocenters. The van der Waals surface area contributed by atoms with Crippen molar-refractivity contribution < 1.29 is 35.3 Å². The lowest BCUT2D eigenvalue weighted by Crippen LogP contribution is -3.00. The first kappa shape index (κ1) is 21.7. The molecule has 0 saturated heterocycles. The summed E-state index contributed by atoms with van der Waals surface area (Å²) in [5, 5.41) is 0. The van der Waals surface area contributed by atoms with E-state index in [1.165, 1.54) is 12.1 Å². The lowest BCUT2D eigenvalue weighted by molar-refractivity contribution is -0.378. The highest BCUT2D eigenvalue weighted by Gasteiger charge is 1.97. The molecule has 0 amide bonds. The van der Waals surface area contributed by atoms with E-state index in [2.05, 4.69) is 9.97 Å². The van der Waals surface area contributed by atoms with Crippen LogP contribution in [-0.2, 0) is 10.1 Å². The van der Waals surface area contributed by atoms with Gasteiger partial charge in [0.2, 0.25) is 0 Å². The maximum absolute atomic E-state index is 10.4. The van der Waals surface area contributed by atoms with E-state index < -0.39 is 10.1 Å². The summed E-state index contributed by atoms with van der Waals surface area (Å²) < 4.78 is 31.2. The molecule has 2 N–H and O–H groups in total. The lowest BCUT2D eigenvalue weighted by atomic mass is 10.2. The van der Waals surface area contributed by atoms with Gasteiger partial charge in [0.15, 0.2) is 24.8 Å². The Morgan fingerprint density at radius 3 is 1.33 bits per heavy atom. The van der Waals surface area contributed by atoms with Crippen molar-refractivity contribution >= 4 is 10.1 Å². The first-order valence-electron chi connectivity index (χ1n) is 6.85. The average molecular weight is 367 g/mol. The van der Waals surface area contributed by atoms with Crippen molar-refractivity contribution in [3.8, 4) is 0 Å². The zero-order chi connectivity index (χ0) is 17.0. The van der Waals surface area contributed by atoms with Gasteiger partial charge in [0.05, 0.1) is 4.90 Å². The number of pyridine rings is 2. The van der Waals surface area contributed by atoms with Gasteiger partial charge in [-0.1, -0.05) is 29.8 Å². The van der Waals surface area contributed by atoms with E-state index in [9.17, 15) is 13.0 Å². The van der Waals surface area contributed by atoms with E-state index >= 15 is 0 Å². The van der Waals surface area contributed by atoms with Crippen LogP contribution in [0, 0.1) is 6.92 Å². The van der Waals surface area contributed by atoms with Crippen molar-refractivity contribution in [3.63, 3.8) is 0 Å². The van der Waals surface area contributed by atoms with Crippen molar-refractivity contribution in [2.45, 2.75) is 11.8 Å². The van der Waals surface area contributed by atoms with Gasteiger partial charge < -0.3 is 17.0 Å². The van der Waals surface area contributed by atoms with E-state index in [0.29, 0.717) is 0 Å². The van der Waals surface area contributed by atoms with E-state index in [-0.39, 0.29) is 17.3 Å². The number of aromatic amines is 2. The Hall–Kier alpha value is -2.28. The Balaban J connectivity index is 0.000000348. The third-order valence-electron chi connectivity index (χ3n) is 2.52. The molecule has 0 aliphatic rings. The van der Waals surface area contributed by atoms with Crippen LogP contribution in [0.1, 0.15) is 5.56 Å². The number of rotatable bonds is 1. The summed E-state index contributed by atoms with van der Waals surface area (Å²) in [7, 11) is -4.27. The normalized spacial score (nSPS) is 9.25. The molecule has 3 rings (SSSR count). The third-order valence-corrected chi connectivity index (χ3v) is 3.37. The zero-order valence-corrected chi connectivity index (χ0v) is 14.7. The maximum Gasteiger partial charge on any atom is 0.166 e. The quantitative estimate of drug-likeness (QED) is 0.513. The minimum Gasteiger partial charge on any atom is -1.00 e. The minimum absolute atomic E-state index is 0. The number of aromatic nitrogens is 2. The molecule has 0 bridgehead atoms. The van der Waals surface area contributed by atoms with Gasteiger partial charge in [0.1, 0.15) is 10.1 Å². The SMILES string of the molecule is Cc1ccc(S(=O)(=O)[O-])cc1.[Cl-].c1cc[nH+]cc1.c1cc[nH+]cc1. The molecule has 128 valence electrons. The fourth-order valence-corrected chi connectivity index (χ4v) is 1.86. The van der Waals surface area contributed by atoms with Gasteiger partial charge in [-0.3, -0.25) is 0 Å². The summed E-state index contributed by atoms with van der Waals surface area (Å²) in [6.07, 6.45) is 7.50. The van der Waals surface area contributed by atoms with Gasteiger partial charge in [0, 0.05) is 24.3 Å². The number of H-pyrrole nitrogens is 2. The molecule has 5 nitrogen and oxygen atoms in total. The van der Waals surface area contributed by atoms with Crippen LogP contribution in [0.4, 0.5) is 0 Å². The minimum atomic E-state index is -4.27. The molecule has 0 radical (unpaired) electrons. The molecule has 0 saturated carbocycles. The molecular weight excluding hydrogens is 348 g/mol. The molecule has 3 aromatic rings. The topological polar surface area (TPSA) is 85.5 Å². The number of hydrogen-bond donors (Lipinski definition) is 0. The van der Waals surface area contributed by atoms with Gasteiger partial charge in [-0.15, -0.1) is 0 Å². The molecule has 0 spiro atoms. The Morgan fingerprint density at radius 2 is 1.12 bits per heavy atom. The average Bonchev–Trinajstić information content (AvgIpc) is 2.59. The maximum atomic E-state index is 10.4. The fourth-order valence-electron chi connectivity index (χ4n) is 1.39. The standard InChI is InChI=1S/C7H8O3S.2C5H5N.ClH/c1-6-2-4-7(5-3-6)11(8,9)10;2*1-2-4-6-5-3-1;/h2-5H,1H3,(H,8,9,10);2*1-5H;1H. The monoisotopic (exact) mass is 366 g/mol. The molecule has 0 fully saturated rings. The van der Waals surface area contributed by atoms with Crippen LogP contribution in [0.2, 0.25) is 0 Å². The molecular formula is C17H19ClN2O3S. The van der Waals surface area contributed by atoms with Crippen molar-refractivity contribution in [2.24, 2.45) is 0 Å². The van der Waals surface area contributed by atoms with Gasteiger partial charge >= 0.3 is 0 Å². The van der Waals surface area contributed by atoms with Crippen LogP contribution in [-0.4, -0.2) is 13.0 Å². The molecule has 0 unspecified atom stereocenters. The van der Waals surface area contributed by atoms with Gasteiger partial charge in [0.25, 0.3) is 0 Å². The van der Waals surface area contributed by atoms with Crippen LogP contribution in [0.15, 0.2) is 90.3 Å². The van der Waals surface area contributed by atoms with E-state index in [1.54, 1.807) is 12.1 Å².